The summed E-state index contributed by atoms with van der Waals surface area (Å²) in [6.07, 6.45) is 6.25. The van der Waals surface area contributed by atoms with Gasteiger partial charge in [-0.25, -0.2) is 0 Å². The zero-order chi connectivity index (χ0) is 15.9. The van der Waals surface area contributed by atoms with Crippen LogP contribution in [-0.4, -0.2) is 30.0 Å². The Kier molecular flexibility index (Phi) is 5.60. The number of nitrogens with one attached hydrogen (secondary N) is 2. The van der Waals surface area contributed by atoms with Gasteiger partial charge in [-0.05, 0) is 25.0 Å². The Morgan fingerprint density at radius 1 is 1.36 bits per heavy atom. The van der Waals surface area contributed by atoms with Crippen molar-refractivity contribution in [2.75, 3.05) is 17.4 Å². The topological polar surface area (TPSA) is 114 Å². The summed E-state index contributed by atoms with van der Waals surface area (Å²) in [6.45, 7) is -0.184. The molecule has 0 aromatic heterocycles. The molecule has 1 aliphatic rings. The Hall–Kier alpha value is -2.28. The number of nitrogens with two attached hydrogens (primary N) is 1. The third-order valence-corrected chi connectivity index (χ3v) is 3.80. The van der Waals surface area contributed by atoms with Gasteiger partial charge in [0, 0.05) is 6.04 Å². The van der Waals surface area contributed by atoms with Gasteiger partial charge in [-0.15, -0.1) is 0 Å². The summed E-state index contributed by atoms with van der Waals surface area (Å²) in [5.41, 5.74) is 8.02. The molecule has 0 saturated heterocycles. The van der Waals surface area contributed by atoms with Crippen molar-refractivity contribution in [3.63, 3.8) is 0 Å². The van der Waals surface area contributed by atoms with Gasteiger partial charge >= 0.3 is 0 Å². The SMILES string of the molecule is NC(=O)c1ccc(NC2CCCCC2)c(OCC=O)c1NO. The van der Waals surface area contributed by atoms with Crippen LogP contribution in [0.25, 0.3) is 0 Å². The van der Waals surface area contributed by atoms with Crippen LogP contribution >= 0.6 is 0 Å². The smallest absolute Gasteiger partial charge is 0.251 e. The van der Waals surface area contributed by atoms with Crippen LogP contribution in [0.5, 0.6) is 5.75 Å². The molecule has 22 heavy (non-hydrogen) atoms. The second kappa shape index (κ2) is 7.65. The Balaban J connectivity index is 2.33. The maximum Gasteiger partial charge on any atom is 0.251 e. The minimum absolute atomic E-state index is 0.0650. The van der Waals surface area contributed by atoms with Crippen LogP contribution in [0.4, 0.5) is 11.4 Å². The lowest BCUT2D eigenvalue weighted by molar-refractivity contribution is -0.109. The summed E-state index contributed by atoms with van der Waals surface area (Å²) < 4.78 is 5.38. The second-order valence-corrected chi connectivity index (χ2v) is 5.30. The monoisotopic (exact) mass is 307 g/mol. The summed E-state index contributed by atoms with van der Waals surface area (Å²) in [5.74, 6) is -0.479. The van der Waals surface area contributed by atoms with Crippen LogP contribution in [-0.2, 0) is 4.79 Å². The molecule has 1 fully saturated rings. The van der Waals surface area contributed by atoms with Gasteiger partial charge in [-0.3, -0.25) is 20.3 Å². The van der Waals surface area contributed by atoms with Gasteiger partial charge in [0.05, 0.1) is 11.3 Å². The van der Waals surface area contributed by atoms with E-state index in [9.17, 15) is 14.8 Å². The van der Waals surface area contributed by atoms with Gasteiger partial charge in [-0.1, -0.05) is 19.3 Å². The lowest BCUT2D eigenvalue weighted by Crippen LogP contribution is -2.23. The summed E-state index contributed by atoms with van der Waals surface area (Å²) in [5, 5.41) is 12.7. The molecule has 120 valence electrons. The van der Waals surface area contributed by atoms with Crippen molar-refractivity contribution in [2.24, 2.45) is 5.73 Å². The van der Waals surface area contributed by atoms with Crippen LogP contribution in [0.15, 0.2) is 12.1 Å². The first-order valence-electron chi connectivity index (χ1n) is 7.37. The number of ether oxygens (including phenoxy) is 1. The van der Waals surface area contributed by atoms with Crippen molar-refractivity contribution in [1.82, 2.24) is 0 Å². The van der Waals surface area contributed by atoms with Gasteiger partial charge in [-0.2, -0.15) is 0 Å². The van der Waals surface area contributed by atoms with Crippen LogP contribution in [0.1, 0.15) is 42.5 Å². The average molecular weight is 307 g/mol. The molecule has 1 amide bonds. The molecule has 0 spiro atoms. The first-order valence-corrected chi connectivity index (χ1v) is 7.37. The molecule has 0 radical (unpaired) electrons. The van der Waals surface area contributed by atoms with Crippen molar-refractivity contribution >= 4 is 23.6 Å². The number of benzene rings is 1. The Labute approximate surface area is 128 Å². The number of anilines is 2. The number of hydrogen-bond acceptors (Lipinski definition) is 6. The predicted octanol–water partition coefficient (Wildman–Crippen LogP) is 1.91. The highest BCUT2D eigenvalue weighted by atomic mass is 16.5. The first kappa shape index (κ1) is 16.1. The lowest BCUT2D eigenvalue weighted by atomic mass is 9.95. The van der Waals surface area contributed by atoms with E-state index in [1.807, 2.05) is 5.48 Å². The van der Waals surface area contributed by atoms with Crippen LogP contribution < -0.4 is 21.3 Å². The van der Waals surface area contributed by atoms with Gasteiger partial charge in [0.15, 0.2) is 12.0 Å². The van der Waals surface area contributed by atoms with E-state index in [-0.39, 0.29) is 23.6 Å². The van der Waals surface area contributed by atoms with E-state index >= 15 is 0 Å². The molecule has 7 heteroatoms. The Bertz CT molecular complexity index is 542. The summed E-state index contributed by atoms with van der Waals surface area (Å²) in [6, 6.07) is 3.49. The number of carbonyl (C=O) groups excluding carboxylic acids is 2. The zero-order valence-electron chi connectivity index (χ0n) is 12.3. The molecule has 0 heterocycles. The predicted molar refractivity (Wildman–Crippen MR) is 82.4 cm³/mol. The fourth-order valence-corrected chi connectivity index (χ4v) is 2.75. The number of amides is 1. The van der Waals surface area contributed by atoms with Gasteiger partial charge in [0.25, 0.3) is 5.91 Å². The molecule has 1 aromatic carbocycles. The highest BCUT2D eigenvalue weighted by Gasteiger charge is 2.21. The molecule has 1 aliphatic carbocycles. The Morgan fingerprint density at radius 2 is 2.09 bits per heavy atom. The highest BCUT2D eigenvalue weighted by molar-refractivity contribution is 6.01. The largest absolute Gasteiger partial charge is 0.482 e. The molecule has 0 unspecified atom stereocenters. The molecule has 0 bridgehead atoms. The lowest BCUT2D eigenvalue weighted by Gasteiger charge is -2.26. The van der Waals surface area contributed by atoms with Crippen molar-refractivity contribution in [3.05, 3.63) is 17.7 Å². The fraction of sp³-hybridized carbons (Fsp3) is 0.467. The minimum atomic E-state index is -0.697. The molecule has 1 aromatic rings. The van der Waals surface area contributed by atoms with E-state index in [1.54, 1.807) is 6.07 Å². The van der Waals surface area contributed by atoms with Crippen molar-refractivity contribution in [2.45, 2.75) is 38.1 Å². The normalized spacial score (nSPS) is 15.1. The number of hydrogen-bond donors (Lipinski definition) is 4. The van der Waals surface area contributed by atoms with Crippen molar-refractivity contribution < 1.29 is 19.5 Å². The van der Waals surface area contributed by atoms with Crippen LogP contribution in [0, 0.1) is 0 Å². The van der Waals surface area contributed by atoms with Crippen molar-refractivity contribution in [1.29, 1.82) is 0 Å². The summed E-state index contributed by atoms with van der Waals surface area (Å²) in [4.78, 5) is 22.0. The van der Waals surface area contributed by atoms with E-state index in [0.29, 0.717) is 18.0 Å². The Morgan fingerprint density at radius 3 is 2.68 bits per heavy atom. The molecule has 2 rings (SSSR count). The highest BCUT2D eigenvalue weighted by Crippen LogP contribution is 2.37. The molecule has 5 N–H and O–H groups in total. The number of aldehydes is 1. The third kappa shape index (κ3) is 3.67. The van der Waals surface area contributed by atoms with E-state index < -0.39 is 5.91 Å². The summed E-state index contributed by atoms with van der Waals surface area (Å²) >= 11 is 0. The number of rotatable bonds is 7. The van der Waals surface area contributed by atoms with Gasteiger partial charge in [0.1, 0.15) is 12.3 Å². The molecule has 1 saturated carbocycles. The molecular weight excluding hydrogens is 286 g/mol. The molecular formula is C15H21N3O4. The van der Waals surface area contributed by atoms with Crippen LogP contribution in [0.3, 0.4) is 0 Å². The van der Waals surface area contributed by atoms with Crippen LogP contribution in [0.2, 0.25) is 0 Å². The van der Waals surface area contributed by atoms with E-state index in [4.69, 9.17) is 10.5 Å². The first-order chi connectivity index (χ1) is 10.7. The maximum absolute atomic E-state index is 11.4. The fourth-order valence-electron chi connectivity index (χ4n) is 2.75. The molecule has 0 aliphatic heterocycles. The summed E-state index contributed by atoms with van der Waals surface area (Å²) in [7, 11) is 0. The van der Waals surface area contributed by atoms with Gasteiger partial charge < -0.3 is 15.8 Å². The van der Waals surface area contributed by atoms with Crippen molar-refractivity contribution in [3.8, 4) is 5.75 Å². The second-order valence-electron chi connectivity index (χ2n) is 5.30. The maximum atomic E-state index is 11.4. The standard InChI is InChI=1S/C15H21N3O4/c16-15(20)11-6-7-12(17-10-4-2-1-3-5-10)14(13(11)18-21)22-9-8-19/h6-8,10,17-18,21H,1-5,9H2,(H2,16,20). The van der Waals surface area contributed by atoms with Gasteiger partial charge in [0.2, 0.25) is 0 Å². The van der Waals surface area contributed by atoms with E-state index in [2.05, 4.69) is 5.32 Å². The van der Waals surface area contributed by atoms with E-state index in [0.717, 1.165) is 25.7 Å². The number of primary amides is 1. The zero-order valence-corrected chi connectivity index (χ0v) is 12.3. The minimum Gasteiger partial charge on any atom is -0.482 e. The third-order valence-electron chi connectivity index (χ3n) is 3.80. The molecule has 0 atom stereocenters. The number of carbonyl (C=O) groups is 2. The van der Waals surface area contributed by atoms with E-state index in [1.165, 1.54) is 12.5 Å². The quantitative estimate of drug-likeness (QED) is 0.452. The molecule has 7 nitrogen and oxygen atoms in total. The average Bonchev–Trinajstić information content (AvgIpc) is 2.53.